The van der Waals surface area contributed by atoms with Crippen molar-refractivity contribution in [2.45, 2.75) is 25.5 Å². The number of amides is 2. The van der Waals surface area contributed by atoms with Crippen molar-refractivity contribution >= 4 is 17.7 Å². The number of para-hydroxylation sites is 1. The zero-order valence-electron chi connectivity index (χ0n) is 10.1. The van der Waals surface area contributed by atoms with E-state index in [1.807, 2.05) is 24.3 Å². The lowest BCUT2D eigenvalue weighted by Gasteiger charge is -2.16. The lowest BCUT2D eigenvalue weighted by Crippen LogP contribution is -2.40. The van der Waals surface area contributed by atoms with E-state index >= 15 is 0 Å². The normalized spacial score (nSPS) is 24.5. The van der Waals surface area contributed by atoms with Gasteiger partial charge in [0.2, 0.25) is 5.91 Å². The van der Waals surface area contributed by atoms with E-state index in [4.69, 9.17) is 4.74 Å². The first-order chi connectivity index (χ1) is 8.66. The molecule has 5 nitrogen and oxygen atoms in total. The van der Waals surface area contributed by atoms with Crippen LogP contribution < -0.4 is 10.2 Å². The number of carbonyl (C=O) groups excluding carboxylic acids is 2. The van der Waals surface area contributed by atoms with Gasteiger partial charge in [-0.05, 0) is 18.1 Å². The molecular formula is C13H14N2O3. The molecule has 0 aliphatic carbocycles. The molecule has 0 saturated carbocycles. The minimum Gasteiger partial charge on any atom is -0.442 e. The van der Waals surface area contributed by atoms with Gasteiger partial charge >= 0.3 is 6.09 Å². The van der Waals surface area contributed by atoms with E-state index < -0.39 is 0 Å². The molecule has 94 valence electrons. The summed E-state index contributed by atoms with van der Waals surface area (Å²) in [5.41, 5.74) is 2.09. The van der Waals surface area contributed by atoms with E-state index in [1.54, 1.807) is 4.90 Å². The standard InChI is InChI=1S/C13H14N2O3/c1-8(16)14-7-12-11-6-9-4-2-3-5-10(9)15(11)13(17)18-12/h2-5,11-12H,6-7H2,1H3,(H,14,16)/t11-,12-/m0/s1. The Balaban J connectivity index is 1.82. The maximum atomic E-state index is 11.9. The summed E-state index contributed by atoms with van der Waals surface area (Å²) in [6, 6.07) is 7.83. The van der Waals surface area contributed by atoms with Crippen LogP contribution in [0.2, 0.25) is 0 Å². The lowest BCUT2D eigenvalue weighted by molar-refractivity contribution is -0.119. The molecule has 2 heterocycles. The monoisotopic (exact) mass is 246 g/mol. The van der Waals surface area contributed by atoms with Gasteiger partial charge in [0.25, 0.3) is 0 Å². The van der Waals surface area contributed by atoms with Gasteiger partial charge in [0.05, 0.1) is 18.3 Å². The fraction of sp³-hybridized carbons (Fsp3) is 0.385. The van der Waals surface area contributed by atoms with Crippen molar-refractivity contribution in [3.8, 4) is 0 Å². The Hall–Kier alpha value is -2.04. The number of hydrogen-bond donors (Lipinski definition) is 1. The lowest BCUT2D eigenvalue weighted by atomic mass is 10.1. The van der Waals surface area contributed by atoms with Crippen LogP contribution in [0.5, 0.6) is 0 Å². The highest BCUT2D eigenvalue weighted by atomic mass is 16.6. The molecule has 0 spiro atoms. The first-order valence-electron chi connectivity index (χ1n) is 5.99. The molecule has 0 bridgehead atoms. The van der Waals surface area contributed by atoms with Crippen LogP contribution in [-0.2, 0) is 16.0 Å². The Morgan fingerprint density at radius 3 is 3.06 bits per heavy atom. The van der Waals surface area contributed by atoms with Crippen molar-refractivity contribution < 1.29 is 14.3 Å². The van der Waals surface area contributed by atoms with Crippen LogP contribution in [0.15, 0.2) is 24.3 Å². The molecule has 2 aliphatic rings. The smallest absolute Gasteiger partial charge is 0.415 e. The van der Waals surface area contributed by atoms with Crippen molar-refractivity contribution in [1.29, 1.82) is 0 Å². The second-order valence-corrected chi connectivity index (χ2v) is 4.63. The Bertz CT molecular complexity index is 515. The topological polar surface area (TPSA) is 58.6 Å². The van der Waals surface area contributed by atoms with Gasteiger partial charge in [-0.3, -0.25) is 9.69 Å². The highest BCUT2D eigenvalue weighted by Gasteiger charge is 2.47. The molecule has 5 heteroatoms. The van der Waals surface area contributed by atoms with Crippen molar-refractivity contribution in [3.63, 3.8) is 0 Å². The molecule has 0 aromatic heterocycles. The molecule has 3 rings (SSSR count). The van der Waals surface area contributed by atoms with Crippen LogP contribution in [0.25, 0.3) is 0 Å². The summed E-state index contributed by atoms with van der Waals surface area (Å²) in [7, 11) is 0. The number of hydrogen-bond acceptors (Lipinski definition) is 3. The van der Waals surface area contributed by atoms with Crippen LogP contribution in [0.3, 0.4) is 0 Å². The average Bonchev–Trinajstić information content (AvgIpc) is 2.85. The van der Waals surface area contributed by atoms with Crippen LogP contribution in [0, 0.1) is 0 Å². The van der Waals surface area contributed by atoms with E-state index in [0.717, 1.165) is 17.7 Å². The third kappa shape index (κ3) is 1.63. The first-order valence-corrected chi connectivity index (χ1v) is 5.99. The van der Waals surface area contributed by atoms with E-state index in [9.17, 15) is 9.59 Å². The summed E-state index contributed by atoms with van der Waals surface area (Å²) in [6.07, 6.45) is 0.195. The van der Waals surface area contributed by atoms with Crippen LogP contribution in [-0.4, -0.2) is 30.7 Å². The molecule has 0 radical (unpaired) electrons. The Morgan fingerprint density at radius 2 is 2.28 bits per heavy atom. The summed E-state index contributed by atoms with van der Waals surface area (Å²) >= 11 is 0. The number of cyclic esters (lactones) is 1. The highest BCUT2D eigenvalue weighted by Crippen LogP contribution is 2.38. The number of benzene rings is 1. The maximum Gasteiger partial charge on any atom is 0.415 e. The van der Waals surface area contributed by atoms with E-state index in [2.05, 4.69) is 5.32 Å². The summed E-state index contributed by atoms with van der Waals surface area (Å²) in [6.45, 7) is 1.83. The first kappa shape index (κ1) is 11.1. The van der Waals surface area contributed by atoms with Crippen LogP contribution in [0.1, 0.15) is 12.5 Å². The van der Waals surface area contributed by atoms with E-state index in [1.165, 1.54) is 6.92 Å². The largest absolute Gasteiger partial charge is 0.442 e. The summed E-state index contributed by atoms with van der Waals surface area (Å²) in [5, 5.41) is 2.70. The number of anilines is 1. The van der Waals surface area contributed by atoms with Crippen LogP contribution in [0.4, 0.5) is 10.5 Å². The Morgan fingerprint density at radius 1 is 1.50 bits per heavy atom. The molecule has 1 saturated heterocycles. The Labute approximate surface area is 105 Å². The molecular weight excluding hydrogens is 232 g/mol. The minimum absolute atomic E-state index is 0.00162. The third-order valence-electron chi connectivity index (χ3n) is 3.44. The fourth-order valence-corrected chi connectivity index (χ4v) is 2.63. The third-order valence-corrected chi connectivity index (χ3v) is 3.44. The quantitative estimate of drug-likeness (QED) is 0.849. The number of nitrogens with one attached hydrogen (secondary N) is 1. The van der Waals surface area contributed by atoms with Gasteiger partial charge < -0.3 is 10.1 Å². The van der Waals surface area contributed by atoms with Gasteiger partial charge in [-0.15, -0.1) is 0 Å². The number of nitrogens with zero attached hydrogens (tertiary/aromatic N) is 1. The van der Waals surface area contributed by atoms with E-state index in [-0.39, 0.29) is 24.1 Å². The number of ether oxygens (including phenoxy) is 1. The minimum atomic E-state index is -0.319. The summed E-state index contributed by atoms with van der Waals surface area (Å²) in [4.78, 5) is 24.5. The molecule has 2 amide bonds. The Kier molecular flexibility index (Phi) is 2.47. The second kappa shape index (κ2) is 4.01. The number of fused-ring (bicyclic) bond motifs is 3. The zero-order chi connectivity index (χ0) is 12.7. The fourth-order valence-electron chi connectivity index (χ4n) is 2.63. The van der Waals surface area contributed by atoms with Gasteiger partial charge in [-0.1, -0.05) is 18.2 Å². The predicted molar refractivity (Wildman–Crippen MR) is 65.4 cm³/mol. The zero-order valence-corrected chi connectivity index (χ0v) is 10.1. The van der Waals surface area contributed by atoms with Crippen LogP contribution >= 0.6 is 0 Å². The average molecular weight is 246 g/mol. The SMILES string of the molecule is CC(=O)NC[C@@H]1OC(=O)N2c3ccccc3C[C@@H]12. The molecule has 18 heavy (non-hydrogen) atoms. The molecule has 1 N–H and O–H groups in total. The molecule has 1 aromatic rings. The molecule has 2 aliphatic heterocycles. The predicted octanol–water partition coefficient (Wildman–Crippen LogP) is 1.07. The number of carbonyl (C=O) groups is 2. The van der Waals surface area contributed by atoms with Crippen molar-refractivity contribution in [2.24, 2.45) is 0 Å². The van der Waals surface area contributed by atoms with Gasteiger partial charge in [0.1, 0.15) is 6.10 Å². The van der Waals surface area contributed by atoms with E-state index in [0.29, 0.717) is 6.54 Å². The maximum absolute atomic E-state index is 11.9. The second-order valence-electron chi connectivity index (χ2n) is 4.63. The van der Waals surface area contributed by atoms with Crippen molar-refractivity contribution in [1.82, 2.24) is 5.32 Å². The molecule has 1 aromatic carbocycles. The van der Waals surface area contributed by atoms with Gasteiger partial charge in [-0.2, -0.15) is 0 Å². The molecule has 0 unspecified atom stereocenters. The van der Waals surface area contributed by atoms with Gasteiger partial charge in [0, 0.05) is 6.92 Å². The number of rotatable bonds is 2. The summed E-state index contributed by atoms with van der Waals surface area (Å²) in [5.74, 6) is -0.111. The highest BCUT2D eigenvalue weighted by molar-refractivity contribution is 5.93. The summed E-state index contributed by atoms with van der Waals surface area (Å²) < 4.78 is 5.31. The van der Waals surface area contributed by atoms with Crippen molar-refractivity contribution in [2.75, 3.05) is 11.4 Å². The molecule has 1 fully saturated rings. The van der Waals surface area contributed by atoms with Gasteiger partial charge in [0.15, 0.2) is 0 Å². The van der Waals surface area contributed by atoms with Gasteiger partial charge in [-0.25, -0.2) is 4.79 Å². The molecule has 2 atom stereocenters. The van der Waals surface area contributed by atoms with Crippen molar-refractivity contribution in [3.05, 3.63) is 29.8 Å².